The van der Waals surface area contributed by atoms with Crippen LogP contribution in [0.5, 0.6) is 0 Å². The van der Waals surface area contributed by atoms with Crippen molar-refractivity contribution in [2.45, 2.75) is 25.8 Å². The van der Waals surface area contributed by atoms with Gasteiger partial charge >= 0.3 is 0 Å². The van der Waals surface area contributed by atoms with Crippen molar-refractivity contribution < 1.29 is 8.78 Å². The van der Waals surface area contributed by atoms with Crippen LogP contribution in [0.3, 0.4) is 0 Å². The predicted molar refractivity (Wildman–Crippen MR) is 77.7 cm³/mol. The zero-order valence-corrected chi connectivity index (χ0v) is 11.8. The molecule has 1 unspecified atom stereocenters. The highest BCUT2D eigenvalue weighted by molar-refractivity contribution is 5.25. The molecule has 0 radical (unpaired) electrons. The van der Waals surface area contributed by atoms with Crippen LogP contribution in [-0.4, -0.2) is 7.05 Å². The fraction of sp³-hybridized carbons (Fsp3) is 0.294. The van der Waals surface area contributed by atoms with Crippen molar-refractivity contribution in [1.29, 1.82) is 0 Å². The zero-order valence-electron chi connectivity index (χ0n) is 11.8. The highest BCUT2D eigenvalue weighted by Gasteiger charge is 2.18. The van der Waals surface area contributed by atoms with E-state index in [0.717, 1.165) is 6.42 Å². The summed E-state index contributed by atoms with van der Waals surface area (Å²) in [7, 11) is 1.73. The van der Waals surface area contributed by atoms with Crippen molar-refractivity contribution in [3.63, 3.8) is 0 Å². The van der Waals surface area contributed by atoms with Crippen molar-refractivity contribution >= 4 is 0 Å². The number of hydrogen-bond acceptors (Lipinski definition) is 1. The fourth-order valence-corrected chi connectivity index (χ4v) is 2.46. The van der Waals surface area contributed by atoms with Crippen molar-refractivity contribution in [3.05, 3.63) is 70.8 Å². The van der Waals surface area contributed by atoms with Crippen LogP contribution in [0.4, 0.5) is 8.78 Å². The van der Waals surface area contributed by atoms with Gasteiger partial charge in [-0.2, -0.15) is 0 Å². The average Bonchev–Trinajstić information content (AvgIpc) is 2.42. The van der Waals surface area contributed by atoms with Crippen molar-refractivity contribution in [2.75, 3.05) is 7.05 Å². The van der Waals surface area contributed by atoms with Crippen LogP contribution in [0.25, 0.3) is 0 Å². The maximum atomic E-state index is 13.8. The molecule has 3 heteroatoms. The zero-order chi connectivity index (χ0) is 14.5. The van der Waals surface area contributed by atoms with Gasteiger partial charge in [-0.15, -0.1) is 0 Å². The highest BCUT2D eigenvalue weighted by Crippen LogP contribution is 2.24. The van der Waals surface area contributed by atoms with Gasteiger partial charge in [-0.1, -0.05) is 35.9 Å². The molecule has 2 aromatic rings. The molecule has 0 bridgehead atoms. The second-order valence-electron chi connectivity index (χ2n) is 5.00. The van der Waals surface area contributed by atoms with E-state index in [-0.39, 0.29) is 11.6 Å². The lowest BCUT2D eigenvalue weighted by Crippen LogP contribution is -2.20. The molecule has 1 atom stereocenters. The minimum absolute atomic E-state index is 0.127. The first-order valence-electron chi connectivity index (χ1n) is 6.78. The van der Waals surface area contributed by atoms with Gasteiger partial charge in [-0.25, -0.2) is 8.78 Å². The Labute approximate surface area is 118 Å². The first-order chi connectivity index (χ1) is 9.61. The standard InChI is InChI=1S/C17H19F2N/c1-12-5-3-6-13(11-12)9-10-16(20-2)17-14(18)7-4-8-15(17)19/h3-8,11,16,20H,9-10H2,1-2H3. The molecule has 0 fully saturated rings. The summed E-state index contributed by atoms with van der Waals surface area (Å²) in [6, 6.07) is 11.9. The van der Waals surface area contributed by atoms with Crippen LogP contribution >= 0.6 is 0 Å². The van der Waals surface area contributed by atoms with Crippen molar-refractivity contribution in [2.24, 2.45) is 0 Å². The van der Waals surface area contributed by atoms with Crippen molar-refractivity contribution in [3.8, 4) is 0 Å². The molecule has 0 aliphatic rings. The molecule has 0 spiro atoms. The van der Waals surface area contributed by atoms with E-state index < -0.39 is 11.6 Å². The average molecular weight is 275 g/mol. The maximum Gasteiger partial charge on any atom is 0.130 e. The third-order valence-electron chi connectivity index (χ3n) is 3.50. The normalized spacial score (nSPS) is 12.4. The summed E-state index contributed by atoms with van der Waals surface area (Å²) in [5.41, 5.74) is 2.50. The molecule has 0 aliphatic carbocycles. The quantitative estimate of drug-likeness (QED) is 0.863. The van der Waals surface area contributed by atoms with E-state index in [4.69, 9.17) is 0 Å². The molecule has 106 valence electrons. The lowest BCUT2D eigenvalue weighted by molar-refractivity contribution is 0.471. The van der Waals surface area contributed by atoms with Crippen LogP contribution in [-0.2, 0) is 6.42 Å². The smallest absolute Gasteiger partial charge is 0.130 e. The SMILES string of the molecule is CNC(CCc1cccc(C)c1)c1c(F)cccc1F. The summed E-state index contributed by atoms with van der Waals surface area (Å²) in [5, 5.41) is 3.00. The minimum atomic E-state index is -0.492. The third kappa shape index (κ3) is 3.42. The van der Waals surface area contributed by atoms with Gasteiger partial charge in [-0.3, -0.25) is 0 Å². The van der Waals surface area contributed by atoms with Crippen LogP contribution < -0.4 is 5.32 Å². The van der Waals surface area contributed by atoms with Gasteiger partial charge in [-0.05, 0) is 44.5 Å². The van der Waals surface area contributed by atoms with E-state index in [2.05, 4.69) is 11.4 Å². The van der Waals surface area contributed by atoms with E-state index >= 15 is 0 Å². The largest absolute Gasteiger partial charge is 0.313 e. The lowest BCUT2D eigenvalue weighted by Gasteiger charge is -2.18. The number of nitrogens with one attached hydrogen (secondary N) is 1. The second kappa shape index (κ2) is 6.62. The van der Waals surface area contributed by atoms with E-state index in [1.54, 1.807) is 7.05 Å². The Morgan fingerprint density at radius 1 is 1.05 bits per heavy atom. The van der Waals surface area contributed by atoms with Gasteiger partial charge < -0.3 is 5.32 Å². The minimum Gasteiger partial charge on any atom is -0.313 e. The Hall–Kier alpha value is -1.74. The molecule has 2 rings (SSSR count). The Kier molecular flexibility index (Phi) is 4.85. The Morgan fingerprint density at radius 2 is 1.70 bits per heavy atom. The Bertz CT molecular complexity index is 561. The number of hydrogen-bond donors (Lipinski definition) is 1. The molecule has 0 aromatic heterocycles. The molecule has 1 N–H and O–H groups in total. The molecule has 0 heterocycles. The highest BCUT2D eigenvalue weighted by atomic mass is 19.1. The summed E-state index contributed by atoms with van der Waals surface area (Å²) in [6.07, 6.45) is 1.43. The monoisotopic (exact) mass is 275 g/mol. The van der Waals surface area contributed by atoms with E-state index in [0.29, 0.717) is 6.42 Å². The van der Waals surface area contributed by atoms with E-state index in [1.165, 1.54) is 29.3 Å². The van der Waals surface area contributed by atoms with Gasteiger partial charge in [0, 0.05) is 11.6 Å². The summed E-state index contributed by atoms with van der Waals surface area (Å²) in [4.78, 5) is 0. The molecular formula is C17H19F2N. The van der Waals surface area contributed by atoms with Crippen LogP contribution in [0.2, 0.25) is 0 Å². The maximum absolute atomic E-state index is 13.8. The summed E-state index contributed by atoms with van der Waals surface area (Å²) in [5.74, 6) is -0.984. The molecule has 1 nitrogen and oxygen atoms in total. The number of rotatable bonds is 5. The van der Waals surface area contributed by atoms with Crippen LogP contribution in [0, 0.1) is 18.6 Å². The first kappa shape index (κ1) is 14.7. The molecular weight excluding hydrogens is 256 g/mol. The lowest BCUT2D eigenvalue weighted by atomic mass is 9.97. The molecule has 2 aromatic carbocycles. The molecule has 0 amide bonds. The summed E-state index contributed by atoms with van der Waals surface area (Å²) >= 11 is 0. The topological polar surface area (TPSA) is 12.0 Å². The number of halogens is 2. The van der Waals surface area contributed by atoms with Gasteiger partial charge in [0.05, 0.1) is 0 Å². The third-order valence-corrected chi connectivity index (χ3v) is 3.50. The summed E-state index contributed by atoms with van der Waals surface area (Å²) in [6.45, 7) is 2.04. The molecule has 0 saturated carbocycles. The fourth-order valence-electron chi connectivity index (χ4n) is 2.46. The second-order valence-corrected chi connectivity index (χ2v) is 5.00. The van der Waals surface area contributed by atoms with Gasteiger partial charge in [0.2, 0.25) is 0 Å². The molecule has 0 saturated heterocycles. The van der Waals surface area contributed by atoms with E-state index in [1.807, 2.05) is 25.1 Å². The molecule has 0 aliphatic heterocycles. The molecule has 20 heavy (non-hydrogen) atoms. The Balaban J connectivity index is 2.13. The van der Waals surface area contributed by atoms with Gasteiger partial charge in [0.1, 0.15) is 11.6 Å². The van der Waals surface area contributed by atoms with Crippen LogP contribution in [0.1, 0.15) is 29.2 Å². The predicted octanol–water partition coefficient (Wildman–Crippen LogP) is 4.17. The van der Waals surface area contributed by atoms with Gasteiger partial charge in [0.25, 0.3) is 0 Å². The Morgan fingerprint density at radius 3 is 2.30 bits per heavy atom. The van der Waals surface area contributed by atoms with Gasteiger partial charge in [0.15, 0.2) is 0 Å². The van der Waals surface area contributed by atoms with Crippen molar-refractivity contribution in [1.82, 2.24) is 5.32 Å². The number of benzene rings is 2. The number of aryl methyl sites for hydroxylation is 2. The van der Waals surface area contributed by atoms with Crippen LogP contribution in [0.15, 0.2) is 42.5 Å². The first-order valence-corrected chi connectivity index (χ1v) is 6.78. The van der Waals surface area contributed by atoms with E-state index in [9.17, 15) is 8.78 Å². The summed E-state index contributed by atoms with van der Waals surface area (Å²) < 4.78 is 27.6.